The SMILES string of the molecule is CC[C@@H](NS(=O)(=O)c1nnc(NC(=O)c2ccccc2)s1)c1ccc(C)c(C)c1. The number of rotatable bonds is 7. The molecule has 3 aromatic rings. The number of amides is 1. The van der Waals surface area contributed by atoms with Crippen molar-refractivity contribution in [2.24, 2.45) is 0 Å². The number of nitrogens with zero attached hydrogens (tertiary/aromatic N) is 2. The second-order valence-electron chi connectivity index (χ2n) is 6.62. The Kier molecular flexibility index (Phi) is 6.41. The molecule has 2 aromatic carbocycles. The Morgan fingerprint density at radius 3 is 2.45 bits per heavy atom. The Hall–Kier alpha value is -2.62. The molecule has 1 amide bonds. The van der Waals surface area contributed by atoms with Crippen LogP contribution in [0, 0.1) is 13.8 Å². The Morgan fingerprint density at radius 1 is 1.07 bits per heavy atom. The van der Waals surface area contributed by atoms with Gasteiger partial charge in [-0.15, -0.1) is 10.2 Å². The number of anilines is 1. The molecule has 0 aliphatic carbocycles. The summed E-state index contributed by atoms with van der Waals surface area (Å²) in [5.41, 5.74) is 3.59. The monoisotopic (exact) mass is 430 g/mol. The van der Waals surface area contributed by atoms with E-state index in [1.807, 2.05) is 39.0 Å². The van der Waals surface area contributed by atoms with Gasteiger partial charge in [0.15, 0.2) is 0 Å². The first-order valence-electron chi connectivity index (χ1n) is 9.09. The Labute approximate surface area is 174 Å². The van der Waals surface area contributed by atoms with Gasteiger partial charge < -0.3 is 0 Å². The van der Waals surface area contributed by atoms with Crippen molar-refractivity contribution in [3.8, 4) is 0 Å². The van der Waals surface area contributed by atoms with Crippen LogP contribution in [0.1, 0.15) is 46.4 Å². The van der Waals surface area contributed by atoms with Gasteiger partial charge in [0.05, 0.1) is 0 Å². The van der Waals surface area contributed by atoms with Crippen LogP contribution in [0.5, 0.6) is 0 Å². The lowest BCUT2D eigenvalue weighted by Gasteiger charge is -2.17. The van der Waals surface area contributed by atoms with E-state index in [-0.39, 0.29) is 21.4 Å². The standard InChI is InChI=1S/C20H22N4O3S2/c1-4-17(16-11-10-13(2)14(3)12-16)24-29(26,27)20-23-22-19(28-20)21-18(25)15-8-6-5-7-9-15/h5-12,17,24H,4H2,1-3H3,(H,21,22,25)/t17-/m1/s1. The summed E-state index contributed by atoms with van der Waals surface area (Å²) >= 11 is 0.811. The highest BCUT2D eigenvalue weighted by Crippen LogP contribution is 2.25. The zero-order chi connectivity index (χ0) is 21.0. The van der Waals surface area contributed by atoms with Crippen LogP contribution in [0.15, 0.2) is 52.9 Å². The molecule has 0 aliphatic heterocycles. The van der Waals surface area contributed by atoms with Crippen molar-refractivity contribution < 1.29 is 13.2 Å². The van der Waals surface area contributed by atoms with Crippen LogP contribution < -0.4 is 10.0 Å². The average Bonchev–Trinajstić information content (AvgIpc) is 3.18. The number of aromatic nitrogens is 2. The maximum Gasteiger partial charge on any atom is 0.270 e. The van der Waals surface area contributed by atoms with E-state index in [1.54, 1.807) is 30.3 Å². The van der Waals surface area contributed by atoms with E-state index < -0.39 is 10.0 Å². The molecule has 1 atom stereocenters. The zero-order valence-electron chi connectivity index (χ0n) is 16.3. The Morgan fingerprint density at radius 2 is 1.79 bits per heavy atom. The van der Waals surface area contributed by atoms with Gasteiger partial charge in [-0.1, -0.05) is 54.7 Å². The molecule has 7 nitrogen and oxygen atoms in total. The van der Waals surface area contributed by atoms with Crippen LogP contribution in [0.2, 0.25) is 0 Å². The fourth-order valence-corrected chi connectivity index (χ4v) is 4.95. The fourth-order valence-electron chi connectivity index (χ4n) is 2.73. The first kappa shape index (κ1) is 21.1. The molecule has 152 valence electrons. The summed E-state index contributed by atoms with van der Waals surface area (Å²) < 4.78 is 28.1. The number of sulfonamides is 1. The summed E-state index contributed by atoms with van der Waals surface area (Å²) in [6.45, 7) is 5.91. The maximum absolute atomic E-state index is 12.8. The van der Waals surface area contributed by atoms with Gasteiger partial charge in [-0.2, -0.15) is 0 Å². The van der Waals surface area contributed by atoms with E-state index in [0.717, 1.165) is 28.0 Å². The van der Waals surface area contributed by atoms with Crippen molar-refractivity contribution >= 4 is 32.4 Å². The molecule has 1 heterocycles. The predicted octanol–water partition coefficient (Wildman–Crippen LogP) is 3.84. The summed E-state index contributed by atoms with van der Waals surface area (Å²) in [5.74, 6) is -0.375. The molecule has 0 radical (unpaired) electrons. The number of carbonyl (C=O) groups is 1. The van der Waals surface area contributed by atoms with E-state index in [1.165, 1.54) is 0 Å². The highest BCUT2D eigenvalue weighted by atomic mass is 32.2. The molecular formula is C20H22N4O3S2. The predicted molar refractivity (Wildman–Crippen MR) is 114 cm³/mol. The number of nitrogens with one attached hydrogen (secondary N) is 2. The highest BCUT2D eigenvalue weighted by molar-refractivity contribution is 7.91. The molecule has 0 saturated heterocycles. The van der Waals surface area contributed by atoms with Gasteiger partial charge in [-0.3, -0.25) is 10.1 Å². The minimum absolute atomic E-state index is 0.124. The average molecular weight is 431 g/mol. The first-order chi connectivity index (χ1) is 13.8. The number of carbonyl (C=O) groups excluding carboxylic acids is 1. The Balaban J connectivity index is 1.75. The van der Waals surface area contributed by atoms with Crippen LogP contribution in [0.25, 0.3) is 0 Å². The summed E-state index contributed by atoms with van der Waals surface area (Å²) in [6, 6.07) is 14.1. The molecule has 2 N–H and O–H groups in total. The van der Waals surface area contributed by atoms with E-state index in [9.17, 15) is 13.2 Å². The minimum atomic E-state index is -3.88. The first-order valence-corrected chi connectivity index (χ1v) is 11.4. The zero-order valence-corrected chi connectivity index (χ0v) is 18.0. The van der Waals surface area contributed by atoms with Gasteiger partial charge in [0.2, 0.25) is 9.47 Å². The third-order valence-electron chi connectivity index (χ3n) is 4.53. The molecule has 0 fully saturated rings. The van der Waals surface area contributed by atoms with Gasteiger partial charge in [0.25, 0.3) is 15.9 Å². The van der Waals surface area contributed by atoms with Gasteiger partial charge in [0.1, 0.15) is 0 Å². The van der Waals surface area contributed by atoms with Crippen molar-refractivity contribution in [3.05, 3.63) is 70.8 Å². The van der Waals surface area contributed by atoms with E-state index in [0.29, 0.717) is 12.0 Å². The highest BCUT2D eigenvalue weighted by Gasteiger charge is 2.25. The van der Waals surface area contributed by atoms with Crippen LogP contribution in [-0.4, -0.2) is 24.5 Å². The van der Waals surface area contributed by atoms with E-state index in [2.05, 4.69) is 20.2 Å². The minimum Gasteiger partial charge on any atom is -0.296 e. The Bertz CT molecular complexity index is 1110. The molecule has 9 heteroatoms. The third kappa shape index (κ3) is 5.06. The largest absolute Gasteiger partial charge is 0.296 e. The molecule has 1 aromatic heterocycles. The topological polar surface area (TPSA) is 101 Å². The third-order valence-corrected chi connectivity index (χ3v) is 7.21. The van der Waals surface area contributed by atoms with Gasteiger partial charge in [-0.25, -0.2) is 13.1 Å². The molecule has 0 spiro atoms. The lowest BCUT2D eigenvalue weighted by atomic mass is 10.0. The van der Waals surface area contributed by atoms with Crippen molar-refractivity contribution in [1.29, 1.82) is 0 Å². The van der Waals surface area contributed by atoms with Gasteiger partial charge in [-0.05, 0) is 49.1 Å². The molecular weight excluding hydrogens is 408 g/mol. The molecule has 0 saturated carbocycles. The van der Waals surface area contributed by atoms with Gasteiger partial charge in [0, 0.05) is 11.6 Å². The van der Waals surface area contributed by atoms with Crippen molar-refractivity contribution in [3.63, 3.8) is 0 Å². The quantitative estimate of drug-likeness (QED) is 0.555. The number of aryl methyl sites for hydroxylation is 2. The van der Waals surface area contributed by atoms with Gasteiger partial charge >= 0.3 is 0 Å². The second kappa shape index (κ2) is 8.81. The lowest BCUT2D eigenvalue weighted by molar-refractivity contribution is 0.102. The molecule has 3 rings (SSSR count). The summed E-state index contributed by atoms with van der Waals surface area (Å²) in [5, 5.41) is 10.2. The number of benzene rings is 2. The molecule has 0 aliphatic rings. The van der Waals surface area contributed by atoms with Crippen molar-refractivity contribution in [1.82, 2.24) is 14.9 Å². The normalized spacial score (nSPS) is 12.5. The number of hydrogen-bond acceptors (Lipinski definition) is 6. The van der Waals surface area contributed by atoms with Crippen molar-refractivity contribution in [2.75, 3.05) is 5.32 Å². The summed E-state index contributed by atoms with van der Waals surface area (Å²) in [4.78, 5) is 12.2. The van der Waals surface area contributed by atoms with Crippen molar-refractivity contribution in [2.45, 2.75) is 37.6 Å². The number of hydrogen-bond donors (Lipinski definition) is 2. The summed E-state index contributed by atoms with van der Waals surface area (Å²) in [7, 11) is -3.88. The van der Waals surface area contributed by atoms with Crippen LogP contribution >= 0.6 is 11.3 Å². The second-order valence-corrected chi connectivity index (χ2v) is 9.48. The lowest BCUT2D eigenvalue weighted by Crippen LogP contribution is -2.28. The smallest absolute Gasteiger partial charge is 0.270 e. The fraction of sp³-hybridized carbons (Fsp3) is 0.250. The molecule has 29 heavy (non-hydrogen) atoms. The molecule has 0 unspecified atom stereocenters. The maximum atomic E-state index is 12.8. The van der Waals surface area contributed by atoms with Crippen LogP contribution in [0.4, 0.5) is 5.13 Å². The van der Waals surface area contributed by atoms with Crippen LogP contribution in [0.3, 0.4) is 0 Å². The van der Waals surface area contributed by atoms with Crippen LogP contribution in [-0.2, 0) is 10.0 Å². The van der Waals surface area contributed by atoms with E-state index in [4.69, 9.17) is 0 Å². The van der Waals surface area contributed by atoms with E-state index >= 15 is 0 Å². The molecule has 0 bridgehead atoms. The summed E-state index contributed by atoms with van der Waals surface area (Å²) in [6.07, 6.45) is 0.581.